The molecule has 1 heterocycles. The van der Waals surface area contributed by atoms with Gasteiger partial charge in [-0.1, -0.05) is 19.9 Å². The first-order chi connectivity index (χ1) is 9.70. The summed E-state index contributed by atoms with van der Waals surface area (Å²) in [5.74, 6) is 0.839. The Hall–Kier alpha value is -0.930. The van der Waals surface area contributed by atoms with Crippen molar-refractivity contribution in [1.29, 1.82) is 0 Å². The molecule has 1 N–H and O–H groups in total. The van der Waals surface area contributed by atoms with Crippen molar-refractivity contribution in [3.63, 3.8) is 0 Å². The second kappa shape index (κ2) is 7.75. The van der Waals surface area contributed by atoms with Crippen molar-refractivity contribution in [1.82, 2.24) is 15.2 Å². The third kappa shape index (κ3) is 4.29. The molecule has 0 aliphatic heterocycles. The molecule has 2 rings (SSSR count). The Morgan fingerprint density at radius 3 is 2.90 bits per heavy atom. The van der Waals surface area contributed by atoms with Crippen LogP contribution >= 0.6 is 0 Å². The molecule has 1 aliphatic carbocycles. The molecule has 1 fully saturated rings. The van der Waals surface area contributed by atoms with E-state index in [0.29, 0.717) is 12.1 Å². The van der Waals surface area contributed by atoms with Gasteiger partial charge >= 0.3 is 0 Å². The van der Waals surface area contributed by atoms with Crippen LogP contribution in [0, 0.1) is 5.92 Å². The smallest absolute Gasteiger partial charge is 0.0543 e. The summed E-state index contributed by atoms with van der Waals surface area (Å²) in [6, 6.07) is 7.45. The summed E-state index contributed by atoms with van der Waals surface area (Å²) in [7, 11) is 2.25. The van der Waals surface area contributed by atoms with Crippen molar-refractivity contribution in [2.24, 2.45) is 5.92 Å². The average molecular weight is 275 g/mol. The predicted molar refractivity (Wildman–Crippen MR) is 84.6 cm³/mol. The molecule has 0 radical (unpaired) electrons. The molecule has 3 atom stereocenters. The van der Waals surface area contributed by atoms with Gasteiger partial charge in [0.1, 0.15) is 0 Å². The topological polar surface area (TPSA) is 28.2 Å². The minimum Gasteiger partial charge on any atom is -0.312 e. The molecule has 1 aliphatic rings. The quantitative estimate of drug-likeness (QED) is 0.865. The van der Waals surface area contributed by atoms with Gasteiger partial charge < -0.3 is 5.32 Å². The van der Waals surface area contributed by atoms with Gasteiger partial charge in [-0.15, -0.1) is 0 Å². The van der Waals surface area contributed by atoms with Gasteiger partial charge in [0.15, 0.2) is 0 Å². The van der Waals surface area contributed by atoms with Gasteiger partial charge in [0.25, 0.3) is 0 Å². The molecule has 0 amide bonds. The average Bonchev–Trinajstić information content (AvgIpc) is 2.47. The third-order valence-corrected chi connectivity index (χ3v) is 4.44. The fourth-order valence-corrected chi connectivity index (χ4v) is 3.27. The summed E-state index contributed by atoms with van der Waals surface area (Å²) in [5.41, 5.74) is 1.17. The van der Waals surface area contributed by atoms with E-state index in [9.17, 15) is 0 Å². The second-order valence-electron chi connectivity index (χ2n) is 6.28. The van der Waals surface area contributed by atoms with Crippen molar-refractivity contribution < 1.29 is 0 Å². The summed E-state index contributed by atoms with van der Waals surface area (Å²) in [5, 5.41) is 3.75. The Labute approximate surface area is 123 Å². The molecule has 3 heteroatoms. The first kappa shape index (κ1) is 15.5. The molecule has 112 valence electrons. The van der Waals surface area contributed by atoms with Crippen molar-refractivity contribution in [3.8, 4) is 0 Å². The molecule has 1 saturated carbocycles. The van der Waals surface area contributed by atoms with E-state index >= 15 is 0 Å². The normalized spacial score (nSPS) is 26.9. The number of rotatable bonds is 6. The monoisotopic (exact) mass is 275 g/mol. The summed E-state index contributed by atoms with van der Waals surface area (Å²) in [4.78, 5) is 6.95. The van der Waals surface area contributed by atoms with Gasteiger partial charge in [-0.05, 0) is 57.3 Å². The molecule has 3 nitrogen and oxygen atoms in total. The summed E-state index contributed by atoms with van der Waals surface area (Å²) >= 11 is 0. The van der Waals surface area contributed by atoms with Crippen molar-refractivity contribution in [3.05, 3.63) is 30.1 Å². The van der Waals surface area contributed by atoms with Crippen molar-refractivity contribution in [2.75, 3.05) is 13.6 Å². The zero-order chi connectivity index (χ0) is 14.4. The molecular formula is C17H29N3. The Balaban J connectivity index is 1.97. The predicted octanol–water partition coefficient (Wildman–Crippen LogP) is 3.07. The van der Waals surface area contributed by atoms with E-state index < -0.39 is 0 Å². The molecule has 0 spiro atoms. The van der Waals surface area contributed by atoms with Crippen LogP contribution in [0.4, 0.5) is 0 Å². The van der Waals surface area contributed by atoms with E-state index in [1.165, 1.54) is 31.4 Å². The minimum atomic E-state index is 0.632. The first-order valence-electron chi connectivity index (χ1n) is 8.04. The maximum Gasteiger partial charge on any atom is 0.0543 e. The standard InChI is InChI=1S/C17H29N3/c1-4-10-19-16-9-8-14(2)12-17(16)20(3)13-15-7-5-6-11-18-15/h5-7,11,14,16-17,19H,4,8-10,12-13H2,1-3H3. The lowest BCUT2D eigenvalue weighted by molar-refractivity contribution is 0.118. The van der Waals surface area contributed by atoms with Gasteiger partial charge in [-0.3, -0.25) is 9.88 Å². The van der Waals surface area contributed by atoms with Gasteiger partial charge in [-0.25, -0.2) is 0 Å². The third-order valence-electron chi connectivity index (χ3n) is 4.44. The van der Waals surface area contributed by atoms with E-state index in [-0.39, 0.29) is 0 Å². The zero-order valence-electron chi connectivity index (χ0n) is 13.2. The Bertz CT molecular complexity index is 377. The van der Waals surface area contributed by atoms with E-state index in [0.717, 1.165) is 19.0 Å². The number of nitrogens with one attached hydrogen (secondary N) is 1. The minimum absolute atomic E-state index is 0.632. The highest BCUT2D eigenvalue weighted by atomic mass is 15.2. The van der Waals surface area contributed by atoms with Crippen LogP contribution in [0.1, 0.15) is 45.2 Å². The van der Waals surface area contributed by atoms with Crippen LogP contribution in [-0.4, -0.2) is 35.6 Å². The summed E-state index contributed by atoms with van der Waals surface area (Å²) < 4.78 is 0. The van der Waals surface area contributed by atoms with E-state index in [2.05, 4.69) is 48.2 Å². The summed E-state index contributed by atoms with van der Waals surface area (Å²) in [6.45, 7) is 6.71. The van der Waals surface area contributed by atoms with Gasteiger partial charge in [0.2, 0.25) is 0 Å². The maximum atomic E-state index is 4.46. The number of likely N-dealkylation sites (N-methyl/N-ethyl adjacent to an activating group) is 1. The fourth-order valence-electron chi connectivity index (χ4n) is 3.27. The SMILES string of the molecule is CCCNC1CCC(C)CC1N(C)Cc1ccccn1. The van der Waals surface area contributed by atoms with Crippen molar-refractivity contribution >= 4 is 0 Å². The van der Waals surface area contributed by atoms with Gasteiger partial charge in [-0.2, -0.15) is 0 Å². The zero-order valence-corrected chi connectivity index (χ0v) is 13.2. The largest absolute Gasteiger partial charge is 0.312 e. The molecule has 1 aromatic heterocycles. The Morgan fingerprint density at radius 1 is 1.35 bits per heavy atom. The van der Waals surface area contributed by atoms with Gasteiger partial charge in [0, 0.05) is 24.8 Å². The number of aromatic nitrogens is 1. The first-order valence-corrected chi connectivity index (χ1v) is 8.04. The molecule has 3 unspecified atom stereocenters. The molecule has 1 aromatic rings. The molecule has 0 saturated heterocycles. The van der Waals surface area contributed by atoms with Crippen LogP contribution in [0.2, 0.25) is 0 Å². The molecule has 0 bridgehead atoms. The van der Waals surface area contributed by atoms with E-state index in [1.807, 2.05) is 12.3 Å². The second-order valence-corrected chi connectivity index (χ2v) is 6.28. The highest BCUT2D eigenvalue weighted by Crippen LogP contribution is 2.28. The van der Waals surface area contributed by atoms with Gasteiger partial charge in [0.05, 0.1) is 5.69 Å². The van der Waals surface area contributed by atoms with Crippen molar-refractivity contribution in [2.45, 2.75) is 58.2 Å². The lowest BCUT2D eigenvalue weighted by Crippen LogP contribution is -2.51. The molecular weight excluding hydrogens is 246 g/mol. The van der Waals surface area contributed by atoms with Crippen LogP contribution < -0.4 is 5.32 Å². The number of hydrogen-bond donors (Lipinski definition) is 1. The Kier molecular flexibility index (Phi) is 5.99. The Morgan fingerprint density at radius 2 is 2.20 bits per heavy atom. The highest BCUT2D eigenvalue weighted by molar-refractivity contribution is 5.04. The molecule has 20 heavy (non-hydrogen) atoms. The summed E-state index contributed by atoms with van der Waals surface area (Å²) in [6.07, 6.45) is 7.06. The van der Waals surface area contributed by atoms with Crippen LogP contribution in [-0.2, 0) is 6.54 Å². The van der Waals surface area contributed by atoms with Crippen LogP contribution in [0.25, 0.3) is 0 Å². The van der Waals surface area contributed by atoms with E-state index in [4.69, 9.17) is 0 Å². The lowest BCUT2D eigenvalue weighted by atomic mass is 9.82. The van der Waals surface area contributed by atoms with E-state index in [1.54, 1.807) is 0 Å². The van der Waals surface area contributed by atoms with Crippen LogP contribution in [0.3, 0.4) is 0 Å². The number of nitrogens with zero attached hydrogens (tertiary/aromatic N) is 2. The molecule has 0 aromatic carbocycles. The van der Waals surface area contributed by atoms with Crippen LogP contribution in [0.5, 0.6) is 0 Å². The number of hydrogen-bond acceptors (Lipinski definition) is 3. The maximum absolute atomic E-state index is 4.46. The lowest BCUT2D eigenvalue weighted by Gasteiger charge is -2.41. The highest BCUT2D eigenvalue weighted by Gasteiger charge is 2.30. The number of pyridine rings is 1. The van der Waals surface area contributed by atoms with Crippen LogP contribution in [0.15, 0.2) is 24.4 Å². The fraction of sp³-hybridized carbons (Fsp3) is 0.706.